The number of carbonyl (C=O) groups excluding carboxylic acids is 2. The van der Waals surface area contributed by atoms with E-state index >= 15 is 0 Å². The minimum atomic E-state index is 0.0409. The van der Waals surface area contributed by atoms with E-state index in [1.807, 2.05) is 6.08 Å². The zero-order valence-electron chi connectivity index (χ0n) is 20.9. The Bertz CT molecular complexity index is 724. The van der Waals surface area contributed by atoms with Gasteiger partial charge in [-0.1, -0.05) is 64.9 Å². The highest BCUT2D eigenvalue weighted by atomic mass is 16.5. The lowest BCUT2D eigenvalue weighted by Gasteiger charge is -2.57. The number of fused-ring (bicyclic) bond motifs is 5. The van der Waals surface area contributed by atoms with Crippen molar-refractivity contribution in [3.8, 4) is 0 Å². The third-order valence-corrected chi connectivity index (χ3v) is 10.1. The molecule has 4 rings (SSSR count). The Morgan fingerprint density at radius 1 is 0.938 bits per heavy atom. The fourth-order valence-electron chi connectivity index (χ4n) is 8.15. The van der Waals surface area contributed by atoms with Gasteiger partial charge in [0.25, 0.3) is 0 Å². The zero-order chi connectivity index (χ0) is 22.8. The molecule has 4 aliphatic rings. The van der Waals surface area contributed by atoms with E-state index in [9.17, 15) is 9.59 Å². The Morgan fingerprint density at radius 3 is 2.47 bits per heavy atom. The van der Waals surface area contributed by atoms with Crippen molar-refractivity contribution in [2.75, 3.05) is 0 Å². The molecule has 0 bridgehead atoms. The third-order valence-electron chi connectivity index (χ3n) is 10.1. The highest BCUT2D eigenvalue weighted by Gasteiger charge is 2.59. The van der Waals surface area contributed by atoms with Gasteiger partial charge in [0, 0.05) is 18.3 Å². The molecular weight excluding hydrogens is 396 g/mol. The molecule has 0 N–H and O–H groups in total. The van der Waals surface area contributed by atoms with Crippen LogP contribution in [-0.4, -0.2) is 17.9 Å². The second-order valence-corrected chi connectivity index (χ2v) is 11.9. The monoisotopic (exact) mass is 442 g/mol. The molecular formula is C29H46O3. The van der Waals surface area contributed by atoms with Crippen LogP contribution in [0, 0.1) is 28.6 Å². The van der Waals surface area contributed by atoms with Gasteiger partial charge in [-0.3, -0.25) is 9.59 Å². The van der Waals surface area contributed by atoms with Crippen molar-refractivity contribution in [3.05, 3.63) is 11.6 Å². The normalized spacial score (nSPS) is 38.5. The summed E-state index contributed by atoms with van der Waals surface area (Å²) in [5.41, 5.74) is 1.82. The zero-order valence-corrected chi connectivity index (χ0v) is 20.9. The molecule has 0 radical (unpaired) electrons. The molecule has 3 saturated carbocycles. The van der Waals surface area contributed by atoms with Crippen molar-refractivity contribution in [1.82, 2.24) is 0 Å². The maximum Gasteiger partial charge on any atom is 0.306 e. The number of unbranched alkanes of at least 4 members (excludes halogenated alkanes) is 6. The summed E-state index contributed by atoms with van der Waals surface area (Å²) >= 11 is 0. The number of hydrogen-bond acceptors (Lipinski definition) is 3. The lowest BCUT2D eigenvalue weighted by atomic mass is 9.47. The SMILES string of the molecule is CCCCCCCCCC(=O)O[C@H]1CC[C@@H]2[C@H]3CCC4=CC(=O)CC[C@]4(C)[C@@H]3CC[C@]12C. The molecule has 0 amide bonds. The van der Waals surface area contributed by atoms with Gasteiger partial charge in [0.05, 0.1) is 0 Å². The summed E-state index contributed by atoms with van der Waals surface area (Å²) in [5, 5.41) is 0. The summed E-state index contributed by atoms with van der Waals surface area (Å²) in [6, 6.07) is 0. The fourth-order valence-corrected chi connectivity index (χ4v) is 8.15. The summed E-state index contributed by atoms with van der Waals surface area (Å²) in [6.07, 6.45) is 20.1. The molecule has 0 spiro atoms. The average molecular weight is 443 g/mol. The van der Waals surface area contributed by atoms with Crippen molar-refractivity contribution >= 4 is 11.8 Å². The predicted molar refractivity (Wildman–Crippen MR) is 129 cm³/mol. The summed E-state index contributed by atoms with van der Waals surface area (Å²) in [4.78, 5) is 24.7. The molecule has 6 atom stereocenters. The van der Waals surface area contributed by atoms with Crippen molar-refractivity contribution < 1.29 is 14.3 Å². The van der Waals surface area contributed by atoms with E-state index in [-0.39, 0.29) is 22.9 Å². The molecule has 0 aromatic carbocycles. The van der Waals surface area contributed by atoms with Gasteiger partial charge in [0.2, 0.25) is 0 Å². The van der Waals surface area contributed by atoms with Crippen LogP contribution in [0.1, 0.15) is 124 Å². The van der Waals surface area contributed by atoms with Gasteiger partial charge in [-0.2, -0.15) is 0 Å². The molecule has 32 heavy (non-hydrogen) atoms. The number of hydrogen-bond donors (Lipinski definition) is 0. The Morgan fingerprint density at radius 2 is 1.69 bits per heavy atom. The molecule has 0 unspecified atom stereocenters. The first-order chi connectivity index (χ1) is 15.4. The highest BCUT2D eigenvalue weighted by molar-refractivity contribution is 5.91. The van der Waals surface area contributed by atoms with Crippen LogP contribution >= 0.6 is 0 Å². The Kier molecular flexibility index (Phi) is 7.52. The molecule has 0 heterocycles. The minimum absolute atomic E-state index is 0.0409. The van der Waals surface area contributed by atoms with E-state index < -0.39 is 0 Å². The Balaban J connectivity index is 1.31. The predicted octanol–water partition coefficient (Wildman–Crippen LogP) is 7.57. The molecule has 3 fully saturated rings. The maximum atomic E-state index is 12.6. The Hall–Kier alpha value is -1.12. The van der Waals surface area contributed by atoms with Crippen LogP contribution in [0.15, 0.2) is 11.6 Å². The summed E-state index contributed by atoms with van der Waals surface area (Å²) in [5.74, 6) is 2.49. The molecule has 0 aromatic heterocycles. The van der Waals surface area contributed by atoms with E-state index in [2.05, 4.69) is 20.8 Å². The molecule has 0 aliphatic heterocycles. The summed E-state index contributed by atoms with van der Waals surface area (Å²) in [6.45, 7) is 7.11. The molecule has 4 aliphatic carbocycles. The molecule has 3 nitrogen and oxygen atoms in total. The quantitative estimate of drug-likeness (QED) is 0.273. The molecule has 3 heteroatoms. The summed E-state index contributed by atoms with van der Waals surface area (Å²) in [7, 11) is 0. The van der Waals surface area contributed by atoms with Crippen LogP contribution in [0.3, 0.4) is 0 Å². The first-order valence-electron chi connectivity index (χ1n) is 13.8. The van der Waals surface area contributed by atoms with Gasteiger partial charge < -0.3 is 4.74 Å². The van der Waals surface area contributed by atoms with Crippen molar-refractivity contribution in [1.29, 1.82) is 0 Å². The smallest absolute Gasteiger partial charge is 0.306 e. The number of carbonyl (C=O) groups is 2. The Labute approximate surface area is 196 Å². The molecule has 0 saturated heterocycles. The third kappa shape index (κ3) is 4.60. The fraction of sp³-hybridized carbons (Fsp3) is 0.862. The summed E-state index contributed by atoms with van der Waals surface area (Å²) < 4.78 is 6.16. The van der Waals surface area contributed by atoms with Crippen LogP contribution in [0.2, 0.25) is 0 Å². The van der Waals surface area contributed by atoms with Gasteiger partial charge in [-0.05, 0) is 80.6 Å². The highest BCUT2D eigenvalue weighted by Crippen LogP contribution is 2.65. The van der Waals surface area contributed by atoms with Gasteiger partial charge in [-0.25, -0.2) is 0 Å². The number of allylic oxidation sites excluding steroid dienone is 1. The van der Waals surface area contributed by atoms with Crippen molar-refractivity contribution in [2.45, 2.75) is 130 Å². The van der Waals surface area contributed by atoms with E-state index in [0.29, 0.717) is 24.0 Å². The van der Waals surface area contributed by atoms with E-state index in [1.54, 1.807) is 0 Å². The van der Waals surface area contributed by atoms with Crippen LogP contribution in [0.25, 0.3) is 0 Å². The van der Waals surface area contributed by atoms with E-state index in [1.165, 1.54) is 63.4 Å². The van der Waals surface area contributed by atoms with Gasteiger partial charge in [0.1, 0.15) is 6.10 Å². The largest absolute Gasteiger partial charge is 0.462 e. The van der Waals surface area contributed by atoms with Crippen LogP contribution in [0.5, 0.6) is 0 Å². The standard InChI is InChI=1S/C29H46O3/c1-4-5-6-7-8-9-10-11-27(31)32-26-15-14-24-23-13-12-21-20-22(30)16-18-28(21,2)25(23)17-19-29(24,26)3/h20,23-26H,4-19H2,1-3H3/t23-,24-,25-,26+,28+,29+/m1/s1. The maximum absolute atomic E-state index is 12.6. The average Bonchev–Trinajstić information content (AvgIpc) is 3.10. The second kappa shape index (κ2) is 10.0. The lowest BCUT2D eigenvalue weighted by molar-refractivity contribution is -0.160. The van der Waals surface area contributed by atoms with Gasteiger partial charge in [-0.15, -0.1) is 0 Å². The number of ketones is 1. The first kappa shape index (κ1) is 24.0. The first-order valence-corrected chi connectivity index (χ1v) is 13.8. The van der Waals surface area contributed by atoms with Gasteiger partial charge in [0.15, 0.2) is 5.78 Å². The number of esters is 1. The number of rotatable bonds is 9. The van der Waals surface area contributed by atoms with E-state index in [4.69, 9.17) is 4.74 Å². The lowest BCUT2D eigenvalue weighted by Crippen LogP contribution is -2.51. The molecule has 180 valence electrons. The second-order valence-electron chi connectivity index (χ2n) is 11.9. The minimum Gasteiger partial charge on any atom is -0.462 e. The van der Waals surface area contributed by atoms with Crippen LogP contribution in [-0.2, 0) is 14.3 Å². The van der Waals surface area contributed by atoms with Crippen molar-refractivity contribution in [3.63, 3.8) is 0 Å². The van der Waals surface area contributed by atoms with Crippen LogP contribution in [0.4, 0.5) is 0 Å². The van der Waals surface area contributed by atoms with Gasteiger partial charge >= 0.3 is 5.97 Å². The topological polar surface area (TPSA) is 43.4 Å². The van der Waals surface area contributed by atoms with E-state index in [0.717, 1.165) is 44.4 Å². The van der Waals surface area contributed by atoms with Crippen LogP contribution < -0.4 is 0 Å². The van der Waals surface area contributed by atoms with Crippen molar-refractivity contribution in [2.24, 2.45) is 28.6 Å². The number of ether oxygens (including phenoxy) is 1. The molecule has 0 aromatic rings.